The monoisotopic (exact) mass is 181 g/mol. The lowest BCUT2D eigenvalue weighted by molar-refractivity contribution is 0.184. The molecule has 3 heteroatoms. The van der Waals surface area contributed by atoms with Crippen LogP contribution >= 0.6 is 0 Å². The molecule has 72 valence electrons. The smallest absolute Gasteiger partial charge is 0.0713 e. The molecular formula is C10H15NO2. The summed E-state index contributed by atoms with van der Waals surface area (Å²) in [6, 6.07) is 7.44. The quantitative estimate of drug-likeness (QED) is 0.723. The maximum Gasteiger partial charge on any atom is 0.0713 e. The van der Waals surface area contributed by atoms with E-state index in [1.807, 2.05) is 24.3 Å². The Hall–Kier alpha value is -0.900. The third-order valence-electron chi connectivity index (χ3n) is 1.89. The number of ether oxygens (including phenoxy) is 1. The van der Waals surface area contributed by atoms with Crippen LogP contribution < -0.4 is 5.73 Å². The Bertz CT molecular complexity index is 263. The summed E-state index contributed by atoms with van der Waals surface area (Å²) in [6.45, 7) is 0.544. The predicted octanol–water partition coefficient (Wildman–Crippen LogP) is 0.825. The van der Waals surface area contributed by atoms with Crippen LogP contribution in [0.2, 0.25) is 0 Å². The van der Waals surface area contributed by atoms with E-state index >= 15 is 0 Å². The van der Waals surface area contributed by atoms with Crippen molar-refractivity contribution in [2.24, 2.45) is 5.73 Å². The van der Waals surface area contributed by atoms with E-state index in [-0.39, 0.29) is 12.6 Å². The molecule has 1 rings (SSSR count). The maximum atomic E-state index is 8.85. The lowest BCUT2D eigenvalue weighted by atomic mass is 10.1. The molecule has 0 radical (unpaired) electrons. The first-order chi connectivity index (χ1) is 6.27. The molecular weight excluding hydrogens is 166 g/mol. The van der Waals surface area contributed by atoms with Crippen LogP contribution in [0.3, 0.4) is 0 Å². The zero-order valence-corrected chi connectivity index (χ0v) is 7.73. The molecule has 0 aliphatic carbocycles. The van der Waals surface area contributed by atoms with Crippen molar-refractivity contribution >= 4 is 0 Å². The molecule has 3 nitrogen and oxygen atoms in total. The minimum atomic E-state index is -0.295. The van der Waals surface area contributed by atoms with Crippen molar-refractivity contribution in [2.45, 2.75) is 12.6 Å². The number of aliphatic hydroxyl groups excluding tert-OH is 1. The van der Waals surface area contributed by atoms with E-state index in [1.54, 1.807) is 7.11 Å². The molecule has 1 atom stereocenters. The molecule has 0 aliphatic rings. The van der Waals surface area contributed by atoms with Gasteiger partial charge in [-0.1, -0.05) is 24.3 Å². The van der Waals surface area contributed by atoms with Gasteiger partial charge in [0.05, 0.1) is 19.3 Å². The third-order valence-corrected chi connectivity index (χ3v) is 1.89. The molecule has 0 bridgehead atoms. The summed E-state index contributed by atoms with van der Waals surface area (Å²) in [5.41, 5.74) is 7.68. The first kappa shape index (κ1) is 10.2. The van der Waals surface area contributed by atoms with Crippen LogP contribution in [0.4, 0.5) is 0 Å². The van der Waals surface area contributed by atoms with Crippen LogP contribution in [0.15, 0.2) is 24.3 Å². The summed E-state index contributed by atoms with van der Waals surface area (Å²) in [5, 5.41) is 8.85. The number of benzene rings is 1. The van der Waals surface area contributed by atoms with Crippen LogP contribution in [-0.2, 0) is 11.3 Å². The standard InChI is InChI=1S/C10H15NO2/c1-13-7-8-3-2-4-9(5-8)10(11)6-12/h2-5,10,12H,6-7,11H2,1H3/t10-/m0/s1. The van der Waals surface area contributed by atoms with Crippen molar-refractivity contribution in [1.29, 1.82) is 0 Å². The molecule has 0 aliphatic heterocycles. The summed E-state index contributed by atoms with van der Waals surface area (Å²) in [7, 11) is 1.65. The molecule has 0 spiro atoms. The van der Waals surface area contributed by atoms with Crippen molar-refractivity contribution in [1.82, 2.24) is 0 Å². The van der Waals surface area contributed by atoms with E-state index < -0.39 is 0 Å². The molecule has 0 heterocycles. The SMILES string of the molecule is COCc1cccc([C@@H](N)CO)c1. The summed E-state index contributed by atoms with van der Waals surface area (Å²) in [5.74, 6) is 0. The first-order valence-electron chi connectivity index (χ1n) is 4.22. The molecule has 1 aromatic carbocycles. The van der Waals surface area contributed by atoms with Gasteiger partial charge < -0.3 is 15.6 Å². The first-order valence-corrected chi connectivity index (χ1v) is 4.22. The normalized spacial score (nSPS) is 12.8. The summed E-state index contributed by atoms with van der Waals surface area (Å²) < 4.78 is 4.99. The Morgan fingerprint density at radius 2 is 2.31 bits per heavy atom. The van der Waals surface area contributed by atoms with E-state index in [1.165, 1.54) is 0 Å². The summed E-state index contributed by atoms with van der Waals surface area (Å²) >= 11 is 0. The minimum absolute atomic E-state index is 0.0313. The van der Waals surface area contributed by atoms with E-state index in [4.69, 9.17) is 15.6 Å². The molecule has 0 unspecified atom stereocenters. The number of aliphatic hydroxyl groups is 1. The molecule has 0 amide bonds. The van der Waals surface area contributed by atoms with Gasteiger partial charge in [-0.15, -0.1) is 0 Å². The number of methoxy groups -OCH3 is 1. The van der Waals surface area contributed by atoms with Crippen molar-refractivity contribution < 1.29 is 9.84 Å². The van der Waals surface area contributed by atoms with Crippen LogP contribution in [0.25, 0.3) is 0 Å². The molecule has 0 fully saturated rings. The fraction of sp³-hybridized carbons (Fsp3) is 0.400. The molecule has 0 saturated carbocycles. The highest BCUT2D eigenvalue weighted by atomic mass is 16.5. The van der Waals surface area contributed by atoms with Gasteiger partial charge in [-0.2, -0.15) is 0 Å². The lowest BCUT2D eigenvalue weighted by Crippen LogP contribution is -2.14. The maximum absolute atomic E-state index is 8.85. The van der Waals surface area contributed by atoms with Crippen molar-refractivity contribution in [3.8, 4) is 0 Å². The molecule has 0 saturated heterocycles. The zero-order chi connectivity index (χ0) is 9.68. The van der Waals surface area contributed by atoms with Crippen LogP contribution in [0.1, 0.15) is 17.2 Å². The largest absolute Gasteiger partial charge is 0.394 e. The van der Waals surface area contributed by atoms with Crippen molar-refractivity contribution in [2.75, 3.05) is 13.7 Å². The fourth-order valence-electron chi connectivity index (χ4n) is 1.19. The molecule has 1 aromatic rings. The van der Waals surface area contributed by atoms with Gasteiger partial charge in [-0.05, 0) is 11.1 Å². The Labute approximate surface area is 78.1 Å². The number of rotatable bonds is 4. The Morgan fingerprint density at radius 3 is 2.92 bits per heavy atom. The van der Waals surface area contributed by atoms with Gasteiger partial charge >= 0.3 is 0 Å². The van der Waals surface area contributed by atoms with E-state index in [9.17, 15) is 0 Å². The van der Waals surface area contributed by atoms with Gasteiger partial charge in [-0.25, -0.2) is 0 Å². The lowest BCUT2D eigenvalue weighted by Gasteiger charge is -2.09. The topological polar surface area (TPSA) is 55.5 Å². The van der Waals surface area contributed by atoms with Gasteiger partial charge in [0.25, 0.3) is 0 Å². The van der Waals surface area contributed by atoms with E-state index in [0.717, 1.165) is 11.1 Å². The number of hydrogen-bond acceptors (Lipinski definition) is 3. The number of nitrogens with two attached hydrogens (primary N) is 1. The van der Waals surface area contributed by atoms with E-state index in [0.29, 0.717) is 6.61 Å². The average molecular weight is 181 g/mol. The van der Waals surface area contributed by atoms with Gasteiger partial charge in [0, 0.05) is 7.11 Å². The molecule has 13 heavy (non-hydrogen) atoms. The zero-order valence-electron chi connectivity index (χ0n) is 7.73. The highest BCUT2D eigenvalue weighted by Crippen LogP contribution is 2.12. The summed E-state index contributed by atoms with van der Waals surface area (Å²) in [6.07, 6.45) is 0. The second-order valence-corrected chi connectivity index (χ2v) is 2.97. The Kier molecular flexibility index (Phi) is 3.89. The van der Waals surface area contributed by atoms with Crippen molar-refractivity contribution in [3.05, 3.63) is 35.4 Å². The molecule has 0 aromatic heterocycles. The van der Waals surface area contributed by atoms with Crippen molar-refractivity contribution in [3.63, 3.8) is 0 Å². The van der Waals surface area contributed by atoms with Gasteiger partial charge in [0.1, 0.15) is 0 Å². The van der Waals surface area contributed by atoms with Gasteiger partial charge in [0.2, 0.25) is 0 Å². The highest BCUT2D eigenvalue weighted by Gasteiger charge is 2.03. The second kappa shape index (κ2) is 4.97. The molecule has 3 N–H and O–H groups in total. The third kappa shape index (κ3) is 2.81. The van der Waals surface area contributed by atoms with E-state index in [2.05, 4.69) is 0 Å². The summed E-state index contributed by atoms with van der Waals surface area (Å²) in [4.78, 5) is 0. The highest BCUT2D eigenvalue weighted by molar-refractivity contribution is 5.25. The minimum Gasteiger partial charge on any atom is -0.394 e. The van der Waals surface area contributed by atoms with Gasteiger partial charge in [0.15, 0.2) is 0 Å². The number of hydrogen-bond donors (Lipinski definition) is 2. The Morgan fingerprint density at radius 1 is 1.54 bits per heavy atom. The predicted molar refractivity (Wildman–Crippen MR) is 51.2 cm³/mol. The fourth-order valence-corrected chi connectivity index (χ4v) is 1.19. The van der Waals surface area contributed by atoms with Crippen LogP contribution in [0.5, 0.6) is 0 Å². The van der Waals surface area contributed by atoms with Crippen LogP contribution in [-0.4, -0.2) is 18.8 Å². The second-order valence-electron chi connectivity index (χ2n) is 2.97. The Balaban J connectivity index is 2.78. The average Bonchev–Trinajstić information content (AvgIpc) is 2.18. The van der Waals surface area contributed by atoms with Gasteiger partial charge in [-0.3, -0.25) is 0 Å². The van der Waals surface area contributed by atoms with Crippen LogP contribution in [0, 0.1) is 0 Å².